The Bertz CT molecular complexity index is 1440. The third-order valence-corrected chi connectivity index (χ3v) is 7.83. The molecule has 0 radical (unpaired) electrons. The summed E-state index contributed by atoms with van der Waals surface area (Å²) in [4.78, 5) is 33.0. The van der Waals surface area contributed by atoms with Gasteiger partial charge in [-0.3, -0.25) is 14.6 Å². The fourth-order valence-electron chi connectivity index (χ4n) is 5.15. The van der Waals surface area contributed by atoms with Crippen molar-refractivity contribution in [3.05, 3.63) is 77.6 Å². The molecule has 206 valence electrons. The van der Waals surface area contributed by atoms with Gasteiger partial charge < -0.3 is 11.5 Å². The van der Waals surface area contributed by atoms with E-state index in [-0.39, 0.29) is 18.2 Å². The standard InChI is InChI=1S/C29H31ClN8O2/c30-25-13-14-33-17-24(25)20-5-1-18(2-6-20)15-26(32)29(40)38(28(39)22-7-3-19(16-31)4-8-22)23-11-9-21(10-12-23)27-34-36-37-35-27/h1-2,5-6,9-14,17,19,22,26H,3-4,7-8,15-16,31-32H2,(H,34,35,36,37)/t19?,22?,26-/m0/s1. The van der Waals surface area contributed by atoms with Crippen LogP contribution in [0.2, 0.25) is 5.02 Å². The van der Waals surface area contributed by atoms with Crippen molar-refractivity contribution in [1.82, 2.24) is 25.6 Å². The van der Waals surface area contributed by atoms with Gasteiger partial charge in [0.2, 0.25) is 11.7 Å². The van der Waals surface area contributed by atoms with Gasteiger partial charge in [0.05, 0.1) is 16.8 Å². The SMILES string of the molecule is NCC1CCC(C(=O)N(C(=O)[C@@H](N)Cc2ccc(-c3cnccc3Cl)cc2)c2ccc(-c3nn[nH]n3)cc2)CC1. The highest BCUT2D eigenvalue weighted by Crippen LogP contribution is 2.32. The summed E-state index contributed by atoms with van der Waals surface area (Å²) in [5, 5.41) is 14.6. The molecule has 1 aliphatic carbocycles. The average molecular weight is 559 g/mol. The number of pyridine rings is 1. The van der Waals surface area contributed by atoms with Crippen molar-refractivity contribution in [3.8, 4) is 22.5 Å². The highest BCUT2D eigenvalue weighted by molar-refractivity contribution is 6.33. The van der Waals surface area contributed by atoms with E-state index in [9.17, 15) is 9.59 Å². The van der Waals surface area contributed by atoms with E-state index in [2.05, 4.69) is 25.6 Å². The zero-order valence-corrected chi connectivity index (χ0v) is 22.7. The second kappa shape index (κ2) is 12.5. The number of rotatable bonds is 8. The Balaban J connectivity index is 1.36. The van der Waals surface area contributed by atoms with Crippen LogP contribution in [0.25, 0.3) is 22.5 Å². The fourth-order valence-corrected chi connectivity index (χ4v) is 5.37. The van der Waals surface area contributed by atoms with E-state index in [0.717, 1.165) is 29.5 Å². The lowest BCUT2D eigenvalue weighted by molar-refractivity contribution is -0.130. The van der Waals surface area contributed by atoms with Crippen molar-refractivity contribution in [1.29, 1.82) is 0 Å². The largest absolute Gasteiger partial charge is 0.330 e. The number of imide groups is 1. The van der Waals surface area contributed by atoms with Crippen molar-refractivity contribution >= 4 is 29.1 Å². The van der Waals surface area contributed by atoms with Crippen LogP contribution in [-0.2, 0) is 16.0 Å². The first kappa shape index (κ1) is 27.6. The number of amides is 2. The Kier molecular flexibility index (Phi) is 8.59. The summed E-state index contributed by atoms with van der Waals surface area (Å²) in [5.74, 6) is -0.111. The van der Waals surface area contributed by atoms with Crippen LogP contribution in [0.15, 0.2) is 67.0 Å². The number of nitrogens with one attached hydrogen (secondary N) is 1. The molecule has 0 spiro atoms. The zero-order valence-electron chi connectivity index (χ0n) is 21.9. The van der Waals surface area contributed by atoms with Crippen LogP contribution in [0.5, 0.6) is 0 Å². The number of anilines is 1. The summed E-state index contributed by atoms with van der Waals surface area (Å²) >= 11 is 6.31. The van der Waals surface area contributed by atoms with E-state index >= 15 is 0 Å². The molecule has 1 saturated carbocycles. The van der Waals surface area contributed by atoms with E-state index in [1.807, 2.05) is 24.3 Å². The van der Waals surface area contributed by atoms with E-state index < -0.39 is 11.9 Å². The van der Waals surface area contributed by atoms with Gasteiger partial charge in [-0.25, -0.2) is 4.90 Å². The van der Waals surface area contributed by atoms with Gasteiger partial charge in [0.15, 0.2) is 0 Å². The molecule has 5 N–H and O–H groups in total. The lowest BCUT2D eigenvalue weighted by Crippen LogP contribution is -2.50. The number of aromatic nitrogens is 5. The quantitative estimate of drug-likeness (QED) is 0.295. The fraction of sp³-hybridized carbons (Fsp3) is 0.310. The van der Waals surface area contributed by atoms with E-state index in [1.165, 1.54) is 4.90 Å². The maximum Gasteiger partial charge on any atom is 0.251 e. The Morgan fingerprint density at radius 1 is 1.00 bits per heavy atom. The normalized spacial score (nSPS) is 17.8. The molecule has 1 atom stereocenters. The number of nitrogens with zero attached hydrogens (tertiary/aromatic N) is 5. The number of tetrazole rings is 1. The molecule has 0 unspecified atom stereocenters. The molecule has 0 aliphatic heterocycles. The number of halogens is 1. The third kappa shape index (κ3) is 6.09. The Morgan fingerprint density at radius 2 is 1.70 bits per heavy atom. The van der Waals surface area contributed by atoms with Crippen molar-refractivity contribution in [2.45, 2.75) is 38.1 Å². The summed E-state index contributed by atoms with van der Waals surface area (Å²) in [7, 11) is 0. The summed E-state index contributed by atoms with van der Waals surface area (Å²) in [6, 6.07) is 15.4. The topological polar surface area (TPSA) is 157 Å². The van der Waals surface area contributed by atoms with Crippen LogP contribution in [0, 0.1) is 11.8 Å². The molecule has 11 heteroatoms. The molecular weight excluding hydrogens is 528 g/mol. The highest BCUT2D eigenvalue weighted by atomic mass is 35.5. The van der Waals surface area contributed by atoms with Gasteiger partial charge in [0, 0.05) is 29.4 Å². The molecular formula is C29H31ClN8O2. The van der Waals surface area contributed by atoms with Crippen molar-refractivity contribution < 1.29 is 9.59 Å². The number of H-pyrrole nitrogens is 1. The second-order valence-electron chi connectivity index (χ2n) is 10.1. The van der Waals surface area contributed by atoms with Gasteiger partial charge in [0.1, 0.15) is 0 Å². The smallest absolute Gasteiger partial charge is 0.251 e. The van der Waals surface area contributed by atoms with Gasteiger partial charge in [-0.2, -0.15) is 5.21 Å². The van der Waals surface area contributed by atoms with Crippen molar-refractivity contribution in [2.24, 2.45) is 23.3 Å². The summed E-state index contributed by atoms with van der Waals surface area (Å²) in [6.07, 6.45) is 6.74. The van der Waals surface area contributed by atoms with E-state index in [1.54, 1.807) is 42.7 Å². The molecule has 2 aromatic carbocycles. The molecule has 2 heterocycles. The van der Waals surface area contributed by atoms with Crippen LogP contribution in [0.4, 0.5) is 5.69 Å². The molecule has 1 aliphatic rings. The first-order chi connectivity index (χ1) is 19.4. The van der Waals surface area contributed by atoms with Crippen LogP contribution in [0.3, 0.4) is 0 Å². The lowest BCUT2D eigenvalue weighted by Gasteiger charge is -2.32. The van der Waals surface area contributed by atoms with E-state index in [4.69, 9.17) is 23.1 Å². The minimum absolute atomic E-state index is 0.232. The summed E-state index contributed by atoms with van der Waals surface area (Å²) in [5.41, 5.74) is 16.1. The van der Waals surface area contributed by atoms with Gasteiger partial charge in [0.25, 0.3) is 5.91 Å². The van der Waals surface area contributed by atoms with Crippen LogP contribution >= 0.6 is 11.6 Å². The molecule has 10 nitrogen and oxygen atoms in total. The number of hydrogen-bond acceptors (Lipinski definition) is 8. The Morgan fingerprint density at radius 3 is 2.33 bits per heavy atom. The lowest BCUT2D eigenvalue weighted by atomic mass is 9.81. The van der Waals surface area contributed by atoms with Gasteiger partial charge >= 0.3 is 0 Å². The molecule has 2 aromatic heterocycles. The Hall–Kier alpha value is -3.99. The third-order valence-electron chi connectivity index (χ3n) is 7.50. The van der Waals surface area contributed by atoms with Crippen LogP contribution in [0.1, 0.15) is 31.2 Å². The molecule has 0 bridgehead atoms. The Labute approximate surface area is 237 Å². The van der Waals surface area contributed by atoms with Gasteiger partial charge in [-0.15, -0.1) is 10.2 Å². The monoisotopic (exact) mass is 558 g/mol. The average Bonchev–Trinajstić information content (AvgIpc) is 3.53. The highest BCUT2D eigenvalue weighted by Gasteiger charge is 2.35. The maximum atomic E-state index is 13.8. The number of carbonyl (C=O) groups excluding carboxylic acids is 2. The first-order valence-electron chi connectivity index (χ1n) is 13.3. The van der Waals surface area contributed by atoms with Crippen molar-refractivity contribution in [2.75, 3.05) is 11.4 Å². The van der Waals surface area contributed by atoms with Gasteiger partial charge in [-0.05, 0) is 91.2 Å². The molecule has 0 saturated heterocycles. The number of carbonyl (C=O) groups is 2. The second-order valence-corrected chi connectivity index (χ2v) is 10.5. The zero-order chi connectivity index (χ0) is 28.1. The predicted molar refractivity (Wildman–Crippen MR) is 153 cm³/mol. The molecule has 5 rings (SSSR count). The van der Waals surface area contributed by atoms with Gasteiger partial charge in [-0.1, -0.05) is 35.9 Å². The molecule has 1 fully saturated rings. The predicted octanol–water partition coefficient (Wildman–Crippen LogP) is 3.78. The molecule has 2 amide bonds. The number of aromatic amines is 1. The number of benzene rings is 2. The van der Waals surface area contributed by atoms with E-state index in [0.29, 0.717) is 47.4 Å². The maximum absolute atomic E-state index is 13.8. The van der Waals surface area contributed by atoms with Crippen LogP contribution < -0.4 is 16.4 Å². The number of hydrogen-bond donors (Lipinski definition) is 3. The number of nitrogens with two attached hydrogens (primary N) is 2. The van der Waals surface area contributed by atoms with Crippen molar-refractivity contribution in [3.63, 3.8) is 0 Å². The minimum Gasteiger partial charge on any atom is -0.330 e. The molecule has 4 aromatic rings. The summed E-state index contributed by atoms with van der Waals surface area (Å²) in [6.45, 7) is 0.609. The van der Waals surface area contributed by atoms with Crippen LogP contribution in [-0.4, -0.2) is 50.0 Å². The first-order valence-corrected chi connectivity index (χ1v) is 13.7. The minimum atomic E-state index is -0.922. The summed E-state index contributed by atoms with van der Waals surface area (Å²) < 4.78 is 0. The molecule has 40 heavy (non-hydrogen) atoms.